The first kappa shape index (κ1) is 10.4. The number of nitrogens with one attached hydrogen (secondary N) is 2. The summed E-state index contributed by atoms with van der Waals surface area (Å²) in [5.74, 6) is 0.172. The van der Waals surface area contributed by atoms with E-state index < -0.39 is 11.7 Å². The van der Waals surface area contributed by atoms with Crippen LogP contribution in [0.25, 0.3) is 0 Å². The normalized spacial score (nSPS) is 27.2. The molecule has 1 aromatic carbocycles. The highest BCUT2D eigenvalue weighted by Gasteiger charge is 2.44. The van der Waals surface area contributed by atoms with Crippen molar-refractivity contribution >= 4 is 11.8 Å². The topological polar surface area (TPSA) is 70.6 Å². The summed E-state index contributed by atoms with van der Waals surface area (Å²) in [6.45, 7) is 1.46. The fraction of sp³-hybridized carbons (Fsp3) is 0.417. The molecule has 90 valence electrons. The predicted molar refractivity (Wildman–Crippen MR) is 62.0 cm³/mol. The minimum absolute atomic E-state index is 0.172. The van der Waals surface area contributed by atoms with Gasteiger partial charge in [0.25, 0.3) is 0 Å². The fourth-order valence-electron chi connectivity index (χ4n) is 2.67. The van der Waals surface area contributed by atoms with E-state index >= 15 is 0 Å². The van der Waals surface area contributed by atoms with Gasteiger partial charge >= 0.3 is 6.09 Å². The van der Waals surface area contributed by atoms with Crippen molar-refractivity contribution in [3.05, 3.63) is 23.8 Å². The van der Waals surface area contributed by atoms with Crippen LogP contribution in [0.3, 0.4) is 0 Å². The summed E-state index contributed by atoms with van der Waals surface area (Å²) in [6.07, 6.45) is 1.20. The third kappa shape index (κ3) is 1.54. The highest BCUT2D eigenvalue weighted by Crippen LogP contribution is 2.44. The first-order valence-electron chi connectivity index (χ1n) is 5.74. The van der Waals surface area contributed by atoms with Crippen molar-refractivity contribution in [3.8, 4) is 5.75 Å². The van der Waals surface area contributed by atoms with Crippen molar-refractivity contribution < 1.29 is 14.6 Å². The molecule has 0 aliphatic carbocycles. The fourth-order valence-corrected chi connectivity index (χ4v) is 2.67. The molecular formula is C12H14N2O3. The van der Waals surface area contributed by atoms with Gasteiger partial charge in [0.05, 0.1) is 11.3 Å². The third-order valence-corrected chi connectivity index (χ3v) is 3.37. The zero-order valence-corrected chi connectivity index (χ0v) is 9.32. The van der Waals surface area contributed by atoms with Gasteiger partial charge in [-0.25, -0.2) is 4.79 Å². The Bertz CT molecular complexity index is 467. The second kappa shape index (κ2) is 3.63. The van der Waals surface area contributed by atoms with Crippen molar-refractivity contribution in [1.29, 1.82) is 0 Å². The van der Waals surface area contributed by atoms with E-state index in [-0.39, 0.29) is 5.75 Å². The SMILES string of the molecule is O=C1Nc2cccc(O)c2C2(CCCNC2)O1. The molecule has 2 aliphatic rings. The van der Waals surface area contributed by atoms with Crippen LogP contribution in [-0.4, -0.2) is 24.3 Å². The summed E-state index contributed by atoms with van der Waals surface area (Å²) in [4.78, 5) is 11.6. The predicted octanol–water partition coefficient (Wildman–Crippen LogP) is 1.53. The number of amides is 1. The molecule has 5 nitrogen and oxygen atoms in total. The second-order valence-electron chi connectivity index (χ2n) is 4.49. The molecule has 2 heterocycles. The molecule has 1 spiro atoms. The average molecular weight is 234 g/mol. The monoisotopic (exact) mass is 234 g/mol. The first-order chi connectivity index (χ1) is 8.21. The molecule has 17 heavy (non-hydrogen) atoms. The van der Waals surface area contributed by atoms with E-state index in [1.54, 1.807) is 18.2 Å². The summed E-state index contributed by atoms with van der Waals surface area (Å²) < 4.78 is 5.45. The van der Waals surface area contributed by atoms with Crippen LogP contribution in [0.15, 0.2) is 18.2 Å². The molecule has 1 unspecified atom stereocenters. The minimum Gasteiger partial charge on any atom is -0.507 e. The smallest absolute Gasteiger partial charge is 0.412 e. The number of phenolic OH excluding ortho intramolecular Hbond substituents is 1. The molecule has 3 N–H and O–H groups in total. The largest absolute Gasteiger partial charge is 0.507 e. The molecule has 1 amide bonds. The number of phenols is 1. The van der Waals surface area contributed by atoms with Crippen LogP contribution in [-0.2, 0) is 10.3 Å². The number of piperidine rings is 1. The van der Waals surface area contributed by atoms with Crippen molar-refractivity contribution in [2.45, 2.75) is 18.4 Å². The number of ether oxygens (including phenoxy) is 1. The van der Waals surface area contributed by atoms with Crippen LogP contribution in [0.5, 0.6) is 5.75 Å². The van der Waals surface area contributed by atoms with Gasteiger partial charge in [0.2, 0.25) is 0 Å². The minimum atomic E-state index is -0.721. The van der Waals surface area contributed by atoms with Crippen LogP contribution in [0.2, 0.25) is 0 Å². The zero-order chi connectivity index (χ0) is 11.9. The van der Waals surface area contributed by atoms with Crippen molar-refractivity contribution in [2.75, 3.05) is 18.4 Å². The Hall–Kier alpha value is -1.75. The second-order valence-corrected chi connectivity index (χ2v) is 4.49. The molecule has 3 rings (SSSR count). The number of carbonyl (C=O) groups excluding carboxylic acids is 1. The van der Waals surface area contributed by atoms with E-state index in [2.05, 4.69) is 10.6 Å². The molecule has 0 aromatic heterocycles. The maximum atomic E-state index is 11.6. The lowest BCUT2D eigenvalue weighted by atomic mass is 9.84. The van der Waals surface area contributed by atoms with Gasteiger partial charge in [-0.05, 0) is 31.5 Å². The maximum absolute atomic E-state index is 11.6. The Morgan fingerprint density at radius 2 is 2.29 bits per heavy atom. The van der Waals surface area contributed by atoms with Crippen molar-refractivity contribution in [1.82, 2.24) is 5.32 Å². The number of rotatable bonds is 0. The van der Waals surface area contributed by atoms with Crippen LogP contribution in [0.1, 0.15) is 18.4 Å². The van der Waals surface area contributed by atoms with Gasteiger partial charge in [0, 0.05) is 6.54 Å². The van der Waals surface area contributed by atoms with Gasteiger partial charge in [0.15, 0.2) is 5.60 Å². The number of aromatic hydroxyl groups is 1. The van der Waals surface area contributed by atoms with E-state index in [4.69, 9.17) is 4.74 Å². The Morgan fingerprint density at radius 3 is 3.06 bits per heavy atom. The lowest BCUT2D eigenvalue weighted by molar-refractivity contribution is -0.00880. The molecule has 1 fully saturated rings. The van der Waals surface area contributed by atoms with Gasteiger partial charge in [-0.1, -0.05) is 6.07 Å². The Balaban J connectivity index is 2.15. The van der Waals surface area contributed by atoms with E-state index in [0.717, 1.165) is 19.4 Å². The van der Waals surface area contributed by atoms with Crippen LogP contribution in [0.4, 0.5) is 10.5 Å². The van der Waals surface area contributed by atoms with Crippen LogP contribution >= 0.6 is 0 Å². The van der Waals surface area contributed by atoms with Gasteiger partial charge in [0.1, 0.15) is 5.75 Å². The Morgan fingerprint density at radius 1 is 1.41 bits per heavy atom. The highest BCUT2D eigenvalue weighted by molar-refractivity contribution is 5.89. The summed E-state index contributed by atoms with van der Waals surface area (Å²) in [7, 11) is 0. The molecular weight excluding hydrogens is 220 g/mol. The molecule has 2 aliphatic heterocycles. The Labute approximate surface area is 98.8 Å². The number of hydrogen-bond donors (Lipinski definition) is 3. The maximum Gasteiger partial charge on any atom is 0.412 e. The summed E-state index contributed by atoms with van der Waals surface area (Å²) in [5, 5.41) is 15.8. The van der Waals surface area contributed by atoms with Crippen LogP contribution < -0.4 is 10.6 Å². The molecule has 1 atom stereocenters. The highest BCUT2D eigenvalue weighted by atomic mass is 16.6. The average Bonchev–Trinajstić information content (AvgIpc) is 2.29. The van der Waals surface area contributed by atoms with Crippen molar-refractivity contribution in [3.63, 3.8) is 0 Å². The summed E-state index contributed by atoms with van der Waals surface area (Å²) >= 11 is 0. The number of fused-ring (bicyclic) bond motifs is 2. The number of anilines is 1. The number of benzene rings is 1. The van der Waals surface area contributed by atoms with E-state index in [1.807, 2.05) is 0 Å². The van der Waals surface area contributed by atoms with Gasteiger partial charge < -0.3 is 15.2 Å². The first-order valence-corrected chi connectivity index (χ1v) is 5.74. The summed E-state index contributed by atoms with van der Waals surface area (Å²) in [6, 6.07) is 5.12. The van der Waals surface area contributed by atoms with Gasteiger partial charge in [-0.2, -0.15) is 0 Å². The van der Waals surface area contributed by atoms with Crippen molar-refractivity contribution in [2.24, 2.45) is 0 Å². The number of carbonyl (C=O) groups is 1. The molecule has 1 saturated heterocycles. The molecule has 0 saturated carbocycles. The van der Waals surface area contributed by atoms with Gasteiger partial charge in [-0.15, -0.1) is 0 Å². The third-order valence-electron chi connectivity index (χ3n) is 3.37. The lowest BCUT2D eigenvalue weighted by Gasteiger charge is -2.41. The van der Waals surface area contributed by atoms with E-state index in [1.165, 1.54) is 0 Å². The molecule has 0 bridgehead atoms. The molecule has 5 heteroatoms. The van der Waals surface area contributed by atoms with E-state index in [0.29, 0.717) is 17.8 Å². The standard InChI is InChI=1S/C12H14N2O3/c15-9-4-1-3-8-10(9)12(17-11(16)14-8)5-2-6-13-7-12/h1,3-4,13,15H,2,5-7H2,(H,14,16). The van der Waals surface area contributed by atoms with Crippen LogP contribution in [0, 0.1) is 0 Å². The summed E-state index contributed by atoms with van der Waals surface area (Å²) in [5.41, 5.74) is 0.609. The lowest BCUT2D eigenvalue weighted by Crippen LogP contribution is -2.49. The Kier molecular flexibility index (Phi) is 2.22. The zero-order valence-electron chi connectivity index (χ0n) is 9.32. The van der Waals surface area contributed by atoms with E-state index in [9.17, 15) is 9.90 Å². The quantitative estimate of drug-likeness (QED) is 0.636. The molecule has 1 aromatic rings. The molecule has 0 radical (unpaired) electrons. The number of hydrogen-bond acceptors (Lipinski definition) is 4. The van der Waals surface area contributed by atoms with Gasteiger partial charge in [-0.3, -0.25) is 5.32 Å².